The van der Waals surface area contributed by atoms with Gasteiger partial charge in [0, 0.05) is 41.3 Å². The van der Waals surface area contributed by atoms with Crippen molar-refractivity contribution in [3.63, 3.8) is 0 Å². The SMILES string of the molecule is N#CCCCCc1cn([C@@H]2C3CCC(CC3)[C@H]2C(=O)O)c2nc(-c3c[nH]c4ncc(F)cc34)ncc12. The number of nitriles is 1. The summed E-state index contributed by atoms with van der Waals surface area (Å²) in [7, 11) is 0. The molecule has 4 heterocycles. The van der Waals surface area contributed by atoms with Crippen LogP contribution in [-0.4, -0.2) is 35.6 Å². The van der Waals surface area contributed by atoms with Crippen LogP contribution in [0, 0.1) is 34.9 Å². The van der Waals surface area contributed by atoms with Crippen molar-refractivity contribution in [3.8, 4) is 17.5 Å². The summed E-state index contributed by atoms with van der Waals surface area (Å²) >= 11 is 0. The molecule has 2 bridgehead atoms. The molecule has 9 heteroatoms. The lowest BCUT2D eigenvalue weighted by Crippen LogP contribution is -2.44. The molecular weight excluding hydrogens is 459 g/mol. The number of carboxylic acid groups (broad SMARTS) is 1. The first-order chi connectivity index (χ1) is 17.5. The summed E-state index contributed by atoms with van der Waals surface area (Å²) in [4.78, 5) is 29.2. The van der Waals surface area contributed by atoms with Gasteiger partial charge in [0.2, 0.25) is 0 Å². The number of nitrogens with zero attached hydrogens (tertiary/aromatic N) is 5. The molecule has 0 saturated heterocycles. The van der Waals surface area contributed by atoms with Crippen molar-refractivity contribution in [2.75, 3.05) is 0 Å². The van der Waals surface area contributed by atoms with E-state index in [1.54, 1.807) is 12.4 Å². The van der Waals surface area contributed by atoms with Crippen LogP contribution in [0.2, 0.25) is 0 Å². The number of rotatable bonds is 7. The average molecular weight is 487 g/mol. The molecule has 2 N–H and O–H groups in total. The minimum atomic E-state index is -0.737. The second-order valence-electron chi connectivity index (χ2n) is 10.1. The molecule has 3 saturated carbocycles. The molecule has 0 aromatic carbocycles. The van der Waals surface area contributed by atoms with Crippen LogP contribution in [0.15, 0.2) is 30.9 Å². The molecule has 4 aromatic rings. The van der Waals surface area contributed by atoms with E-state index in [-0.39, 0.29) is 12.0 Å². The van der Waals surface area contributed by atoms with E-state index in [4.69, 9.17) is 10.2 Å². The third kappa shape index (κ3) is 3.72. The van der Waals surface area contributed by atoms with Gasteiger partial charge in [0.15, 0.2) is 5.82 Å². The van der Waals surface area contributed by atoms with Crippen LogP contribution in [0.3, 0.4) is 0 Å². The minimum absolute atomic E-state index is 0.157. The normalized spacial score (nSPS) is 23.3. The number of unbranched alkanes of at least 4 members (excludes halogenated alkanes) is 2. The fourth-order valence-electron chi connectivity index (χ4n) is 6.50. The molecule has 0 aliphatic heterocycles. The summed E-state index contributed by atoms with van der Waals surface area (Å²) in [5.41, 5.74) is 3.01. The fourth-order valence-corrected chi connectivity index (χ4v) is 6.50. The highest BCUT2D eigenvalue weighted by Gasteiger charge is 2.48. The van der Waals surface area contributed by atoms with Gasteiger partial charge in [-0.25, -0.2) is 19.3 Å². The van der Waals surface area contributed by atoms with Crippen molar-refractivity contribution < 1.29 is 14.3 Å². The molecule has 0 unspecified atom stereocenters. The van der Waals surface area contributed by atoms with E-state index >= 15 is 0 Å². The van der Waals surface area contributed by atoms with Crippen molar-refractivity contribution in [2.45, 2.75) is 57.4 Å². The maximum atomic E-state index is 14.0. The van der Waals surface area contributed by atoms with E-state index in [9.17, 15) is 14.3 Å². The Balaban J connectivity index is 1.49. The molecule has 184 valence electrons. The number of hydrogen-bond acceptors (Lipinski definition) is 5. The number of aryl methyl sites for hydroxylation is 1. The number of nitrogens with one attached hydrogen (secondary N) is 1. The average Bonchev–Trinajstić information content (AvgIpc) is 3.47. The van der Waals surface area contributed by atoms with Crippen molar-refractivity contribution in [2.24, 2.45) is 17.8 Å². The third-order valence-electron chi connectivity index (χ3n) is 8.16. The number of carbonyl (C=O) groups is 1. The molecule has 3 fully saturated rings. The zero-order chi connectivity index (χ0) is 24.8. The number of fused-ring (bicyclic) bond motifs is 5. The van der Waals surface area contributed by atoms with Crippen LogP contribution in [0.5, 0.6) is 0 Å². The van der Waals surface area contributed by atoms with Gasteiger partial charge in [0.25, 0.3) is 0 Å². The Labute approximate surface area is 207 Å². The van der Waals surface area contributed by atoms with Crippen molar-refractivity contribution in [3.05, 3.63) is 42.2 Å². The number of hydrogen-bond donors (Lipinski definition) is 2. The lowest BCUT2D eigenvalue weighted by molar-refractivity contribution is -0.151. The monoisotopic (exact) mass is 486 g/mol. The molecule has 8 nitrogen and oxygen atoms in total. The Morgan fingerprint density at radius 3 is 2.75 bits per heavy atom. The maximum absolute atomic E-state index is 14.0. The van der Waals surface area contributed by atoms with E-state index in [0.29, 0.717) is 34.8 Å². The predicted octanol–water partition coefficient (Wildman–Crippen LogP) is 5.41. The highest BCUT2D eigenvalue weighted by molar-refractivity contribution is 5.93. The van der Waals surface area contributed by atoms with Crippen LogP contribution in [0.4, 0.5) is 4.39 Å². The molecule has 3 aliphatic carbocycles. The van der Waals surface area contributed by atoms with Gasteiger partial charge in [-0.05, 0) is 68.4 Å². The van der Waals surface area contributed by atoms with Gasteiger partial charge < -0.3 is 14.7 Å². The Bertz CT molecular complexity index is 1490. The van der Waals surface area contributed by atoms with E-state index in [1.807, 2.05) is 0 Å². The summed E-state index contributed by atoms with van der Waals surface area (Å²) in [6, 6.07) is 3.46. The summed E-state index contributed by atoms with van der Waals surface area (Å²) in [5, 5.41) is 20.6. The van der Waals surface area contributed by atoms with E-state index in [1.165, 1.54) is 12.3 Å². The molecule has 0 spiro atoms. The molecular formula is C27H27FN6O2. The zero-order valence-corrected chi connectivity index (χ0v) is 19.8. The number of H-pyrrole nitrogens is 1. The summed E-state index contributed by atoms with van der Waals surface area (Å²) in [6.07, 6.45) is 13.7. The molecule has 0 amide bonds. The van der Waals surface area contributed by atoms with Crippen LogP contribution in [0.1, 0.15) is 56.6 Å². The van der Waals surface area contributed by atoms with Gasteiger partial charge in [-0.3, -0.25) is 4.79 Å². The summed E-state index contributed by atoms with van der Waals surface area (Å²) in [5.74, 6) is -0.691. The number of pyridine rings is 1. The lowest BCUT2D eigenvalue weighted by atomic mass is 9.61. The summed E-state index contributed by atoms with van der Waals surface area (Å²) in [6.45, 7) is 0. The fraction of sp³-hybridized carbons (Fsp3) is 0.444. The van der Waals surface area contributed by atoms with Gasteiger partial charge in [0.05, 0.1) is 24.2 Å². The molecule has 0 radical (unpaired) electrons. The Kier molecular flexibility index (Phi) is 5.67. The lowest BCUT2D eigenvalue weighted by Gasteiger charge is -2.47. The highest BCUT2D eigenvalue weighted by Crippen LogP contribution is 2.52. The van der Waals surface area contributed by atoms with E-state index < -0.39 is 17.7 Å². The van der Waals surface area contributed by atoms with Crippen LogP contribution in [-0.2, 0) is 11.2 Å². The summed E-state index contributed by atoms with van der Waals surface area (Å²) < 4.78 is 16.1. The Morgan fingerprint density at radius 1 is 1.17 bits per heavy atom. The number of aliphatic carboxylic acids is 1. The van der Waals surface area contributed by atoms with Gasteiger partial charge in [0.1, 0.15) is 17.1 Å². The highest BCUT2D eigenvalue weighted by atomic mass is 19.1. The topological polar surface area (TPSA) is 120 Å². The van der Waals surface area contributed by atoms with Gasteiger partial charge >= 0.3 is 5.97 Å². The van der Waals surface area contributed by atoms with Crippen molar-refractivity contribution >= 4 is 28.0 Å². The largest absolute Gasteiger partial charge is 0.481 e. The maximum Gasteiger partial charge on any atom is 0.308 e. The second-order valence-corrected chi connectivity index (χ2v) is 10.1. The van der Waals surface area contributed by atoms with Crippen LogP contribution < -0.4 is 0 Å². The Morgan fingerprint density at radius 2 is 1.97 bits per heavy atom. The van der Waals surface area contributed by atoms with Gasteiger partial charge in [-0.15, -0.1) is 0 Å². The number of aromatic amines is 1. The number of carboxylic acids is 1. The molecule has 2 atom stereocenters. The number of aromatic nitrogens is 5. The van der Waals surface area contributed by atoms with Crippen molar-refractivity contribution in [1.29, 1.82) is 5.26 Å². The quantitative estimate of drug-likeness (QED) is 0.337. The van der Waals surface area contributed by atoms with E-state index in [2.05, 4.69) is 31.8 Å². The predicted molar refractivity (Wildman–Crippen MR) is 131 cm³/mol. The zero-order valence-electron chi connectivity index (χ0n) is 19.8. The molecule has 7 rings (SSSR count). The first-order valence-corrected chi connectivity index (χ1v) is 12.6. The molecule has 4 aromatic heterocycles. The Hall–Kier alpha value is -3.80. The first-order valence-electron chi connectivity index (χ1n) is 12.6. The molecule has 36 heavy (non-hydrogen) atoms. The van der Waals surface area contributed by atoms with Gasteiger partial charge in [-0.1, -0.05) is 0 Å². The van der Waals surface area contributed by atoms with Gasteiger partial charge in [-0.2, -0.15) is 5.26 Å². The third-order valence-corrected chi connectivity index (χ3v) is 8.16. The van der Waals surface area contributed by atoms with Crippen molar-refractivity contribution in [1.82, 2.24) is 24.5 Å². The van der Waals surface area contributed by atoms with Crippen LogP contribution in [0.25, 0.3) is 33.5 Å². The van der Waals surface area contributed by atoms with E-state index in [0.717, 1.165) is 61.5 Å². The number of halogens is 1. The smallest absolute Gasteiger partial charge is 0.308 e. The standard InChI is InChI=1S/C27H27FN6O2/c28-18-10-19-21(13-31-24(19)30-11-18)25-32-12-20-17(4-2-1-3-9-29)14-34(26(20)33-25)23-16-7-5-15(6-8-16)22(23)27(35)36/h10-16,22-23H,1-8H2,(H,30,31)(H,35,36)/t15?,16?,22-,23-/m1/s1. The minimum Gasteiger partial charge on any atom is -0.481 e. The second kappa shape index (κ2) is 9.01. The first kappa shape index (κ1) is 22.7. The van der Waals surface area contributed by atoms with Crippen LogP contribution >= 0.6 is 0 Å². The molecule has 3 aliphatic rings.